The third-order valence-corrected chi connectivity index (χ3v) is 3.56. The van der Waals surface area contributed by atoms with Gasteiger partial charge < -0.3 is 10.5 Å². The monoisotopic (exact) mass is 259 g/mol. The van der Waals surface area contributed by atoms with Crippen LogP contribution in [-0.2, 0) is 11.7 Å². The third kappa shape index (κ3) is 2.32. The molecule has 0 amide bonds. The van der Waals surface area contributed by atoms with Gasteiger partial charge in [0.1, 0.15) is 5.75 Å². The van der Waals surface area contributed by atoms with Crippen molar-refractivity contribution in [2.24, 2.45) is 5.73 Å². The van der Waals surface area contributed by atoms with E-state index in [0.29, 0.717) is 24.2 Å². The Balaban J connectivity index is 2.49. The van der Waals surface area contributed by atoms with Gasteiger partial charge in [0.25, 0.3) is 0 Å². The first kappa shape index (κ1) is 13.2. The lowest BCUT2D eigenvalue weighted by atomic mass is 9.87. The summed E-state index contributed by atoms with van der Waals surface area (Å²) in [6, 6.07) is 3.51. The summed E-state index contributed by atoms with van der Waals surface area (Å²) >= 11 is 0. The number of hydrogen-bond acceptors (Lipinski definition) is 2. The van der Waals surface area contributed by atoms with Crippen molar-refractivity contribution in [2.75, 3.05) is 7.11 Å². The van der Waals surface area contributed by atoms with Gasteiger partial charge >= 0.3 is 6.18 Å². The number of nitrogens with two attached hydrogens (primary N) is 1. The molecule has 0 bridgehead atoms. The summed E-state index contributed by atoms with van der Waals surface area (Å²) in [4.78, 5) is 0. The fourth-order valence-electron chi connectivity index (χ4n) is 2.55. The molecule has 1 aliphatic rings. The van der Waals surface area contributed by atoms with Gasteiger partial charge in [0.05, 0.1) is 12.7 Å². The van der Waals surface area contributed by atoms with E-state index in [1.807, 2.05) is 0 Å². The predicted molar refractivity (Wildman–Crippen MR) is 62.3 cm³/mol. The third-order valence-electron chi connectivity index (χ3n) is 3.56. The van der Waals surface area contributed by atoms with Crippen molar-refractivity contribution in [3.63, 3.8) is 0 Å². The number of alkyl halides is 3. The van der Waals surface area contributed by atoms with Gasteiger partial charge in [-0.25, -0.2) is 0 Å². The zero-order chi connectivity index (χ0) is 13.4. The topological polar surface area (TPSA) is 35.2 Å². The number of hydrogen-bond donors (Lipinski definition) is 1. The Morgan fingerprint density at radius 1 is 1.22 bits per heavy atom. The van der Waals surface area contributed by atoms with Crippen LogP contribution in [0.2, 0.25) is 0 Å². The molecule has 1 fully saturated rings. The molecule has 0 aliphatic heterocycles. The van der Waals surface area contributed by atoms with Gasteiger partial charge in [-0.3, -0.25) is 0 Å². The van der Waals surface area contributed by atoms with E-state index in [-0.39, 0.29) is 0 Å². The fourth-order valence-corrected chi connectivity index (χ4v) is 2.55. The molecule has 0 unspecified atom stereocenters. The van der Waals surface area contributed by atoms with Crippen LogP contribution in [0.4, 0.5) is 13.2 Å². The average Bonchev–Trinajstić information content (AvgIpc) is 2.75. The second-order valence-corrected chi connectivity index (χ2v) is 4.78. The van der Waals surface area contributed by atoms with Crippen molar-refractivity contribution in [3.8, 4) is 5.75 Å². The second kappa shape index (κ2) is 4.46. The summed E-state index contributed by atoms with van der Waals surface area (Å²) in [5.41, 5.74) is 5.33. The molecule has 18 heavy (non-hydrogen) atoms. The molecule has 2 rings (SSSR count). The van der Waals surface area contributed by atoms with Crippen LogP contribution in [0.15, 0.2) is 18.2 Å². The Bertz CT molecular complexity index is 436. The molecule has 2 N–H and O–H groups in total. The van der Waals surface area contributed by atoms with Gasteiger partial charge in [0.15, 0.2) is 0 Å². The molecular weight excluding hydrogens is 243 g/mol. The molecule has 5 heteroatoms. The predicted octanol–water partition coefficient (Wildman–Crippen LogP) is 3.44. The molecule has 2 nitrogen and oxygen atoms in total. The largest absolute Gasteiger partial charge is 0.496 e. The maximum atomic E-state index is 12.7. The zero-order valence-corrected chi connectivity index (χ0v) is 10.2. The molecule has 1 saturated carbocycles. The van der Waals surface area contributed by atoms with Crippen LogP contribution < -0.4 is 10.5 Å². The van der Waals surface area contributed by atoms with E-state index in [2.05, 4.69) is 0 Å². The van der Waals surface area contributed by atoms with Crippen LogP contribution in [0.1, 0.15) is 36.8 Å². The number of halogens is 3. The first-order valence-corrected chi connectivity index (χ1v) is 5.91. The number of methoxy groups -OCH3 is 1. The lowest BCUT2D eigenvalue weighted by Crippen LogP contribution is -2.33. The highest BCUT2D eigenvalue weighted by atomic mass is 19.4. The number of ether oxygens (including phenoxy) is 1. The smallest absolute Gasteiger partial charge is 0.416 e. The summed E-state index contributed by atoms with van der Waals surface area (Å²) in [6.07, 6.45) is -1.07. The van der Waals surface area contributed by atoms with Gasteiger partial charge in [0.2, 0.25) is 0 Å². The molecule has 0 saturated heterocycles. The van der Waals surface area contributed by atoms with Crippen molar-refractivity contribution >= 4 is 0 Å². The van der Waals surface area contributed by atoms with Crippen LogP contribution in [0, 0.1) is 0 Å². The van der Waals surface area contributed by atoms with E-state index in [1.165, 1.54) is 13.2 Å². The van der Waals surface area contributed by atoms with E-state index < -0.39 is 17.3 Å². The Labute approximate surface area is 104 Å². The first-order valence-electron chi connectivity index (χ1n) is 5.91. The van der Waals surface area contributed by atoms with Crippen LogP contribution in [0.5, 0.6) is 5.75 Å². The summed E-state index contributed by atoms with van der Waals surface area (Å²) < 4.78 is 43.3. The zero-order valence-electron chi connectivity index (χ0n) is 10.2. The van der Waals surface area contributed by atoms with Gasteiger partial charge in [-0.15, -0.1) is 0 Å². The fraction of sp³-hybridized carbons (Fsp3) is 0.538. The van der Waals surface area contributed by atoms with E-state index in [9.17, 15) is 13.2 Å². The molecule has 1 aromatic carbocycles. The molecule has 0 atom stereocenters. The van der Waals surface area contributed by atoms with Crippen molar-refractivity contribution in [3.05, 3.63) is 29.3 Å². The Morgan fingerprint density at radius 3 is 2.33 bits per heavy atom. The Hall–Kier alpha value is -1.23. The van der Waals surface area contributed by atoms with Crippen molar-refractivity contribution < 1.29 is 17.9 Å². The first-order chi connectivity index (χ1) is 8.37. The quantitative estimate of drug-likeness (QED) is 0.883. The van der Waals surface area contributed by atoms with Gasteiger partial charge in [-0.2, -0.15) is 13.2 Å². The molecule has 0 spiro atoms. The molecule has 1 aliphatic carbocycles. The molecule has 0 heterocycles. The minimum Gasteiger partial charge on any atom is -0.496 e. The van der Waals surface area contributed by atoms with Crippen LogP contribution >= 0.6 is 0 Å². The van der Waals surface area contributed by atoms with Crippen molar-refractivity contribution in [2.45, 2.75) is 37.4 Å². The summed E-state index contributed by atoms with van der Waals surface area (Å²) in [7, 11) is 1.45. The lowest BCUT2D eigenvalue weighted by Gasteiger charge is -2.27. The van der Waals surface area contributed by atoms with Crippen molar-refractivity contribution in [1.29, 1.82) is 0 Å². The molecule has 0 radical (unpaired) electrons. The summed E-state index contributed by atoms with van der Waals surface area (Å²) in [5, 5.41) is 0. The molecule has 1 aromatic rings. The Morgan fingerprint density at radius 2 is 1.83 bits per heavy atom. The SMILES string of the molecule is COc1ccc(C(F)(F)F)cc1C1(N)CCCC1. The van der Waals surface area contributed by atoms with Crippen LogP contribution in [-0.4, -0.2) is 7.11 Å². The normalized spacial score (nSPS) is 18.9. The average molecular weight is 259 g/mol. The highest BCUT2D eigenvalue weighted by Gasteiger charge is 2.37. The van der Waals surface area contributed by atoms with Gasteiger partial charge in [-0.05, 0) is 31.0 Å². The van der Waals surface area contributed by atoms with E-state index in [1.54, 1.807) is 0 Å². The molecule has 100 valence electrons. The molecule has 0 aromatic heterocycles. The highest BCUT2D eigenvalue weighted by molar-refractivity contribution is 5.43. The van der Waals surface area contributed by atoms with Crippen LogP contribution in [0.3, 0.4) is 0 Å². The summed E-state index contributed by atoms with van der Waals surface area (Å²) in [6.45, 7) is 0. The lowest BCUT2D eigenvalue weighted by molar-refractivity contribution is -0.137. The van der Waals surface area contributed by atoms with Gasteiger partial charge in [-0.1, -0.05) is 12.8 Å². The minimum atomic E-state index is -4.35. The second-order valence-electron chi connectivity index (χ2n) is 4.78. The standard InChI is InChI=1S/C13H16F3NO/c1-18-11-5-4-9(13(14,15)16)8-10(11)12(17)6-2-3-7-12/h4-5,8H,2-3,6-7,17H2,1H3. The minimum absolute atomic E-state index is 0.437. The van der Waals surface area contributed by atoms with Crippen molar-refractivity contribution in [1.82, 2.24) is 0 Å². The summed E-state index contributed by atoms with van der Waals surface area (Å²) in [5.74, 6) is 0.437. The van der Waals surface area contributed by atoms with Gasteiger partial charge in [0, 0.05) is 11.1 Å². The highest BCUT2D eigenvalue weighted by Crippen LogP contribution is 2.42. The molecular formula is C13H16F3NO. The van der Waals surface area contributed by atoms with Crippen LogP contribution in [0.25, 0.3) is 0 Å². The number of benzene rings is 1. The van der Waals surface area contributed by atoms with E-state index >= 15 is 0 Å². The van der Waals surface area contributed by atoms with E-state index in [4.69, 9.17) is 10.5 Å². The maximum Gasteiger partial charge on any atom is 0.416 e. The Kier molecular flexibility index (Phi) is 3.27. The van der Waals surface area contributed by atoms with E-state index in [0.717, 1.165) is 25.0 Å². The maximum absolute atomic E-state index is 12.7. The number of rotatable bonds is 2.